The Kier molecular flexibility index (Phi) is 7.91. The molecule has 16 nitrogen and oxygen atoms in total. The normalized spacial score (nSPS) is 27.1. The zero-order valence-electron chi connectivity index (χ0n) is 19.9. The molecule has 0 aromatic carbocycles. The molecule has 2 aliphatic rings. The van der Waals surface area contributed by atoms with Crippen molar-refractivity contribution >= 4 is 22.7 Å². The summed E-state index contributed by atoms with van der Waals surface area (Å²) in [5.74, 6) is -1.30. The van der Waals surface area contributed by atoms with Crippen LogP contribution in [-0.4, -0.2) is 87.1 Å². The maximum absolute atomic E-state index is 12.6. The molecule has 0 aliphatic carbocycles. The third-order valence-electron chi connectivity index (χ3n) is 6.07. The predicted octanol–water partition coefficient (Wildman–Crippen LogP) is -2.17. The number of hydrogen-bond donors (Lipinski definition) is 7. The minimum absolute atomic E-state index is 0.0125. The topological polar surface area (TPSA) is 250 Å². The van der Waals surface area contributed by atoms with Crippen LogP contribution in [0.15, 0.2) is 22.0 Å². The monoisotopic (exact) mass is 562 g/mol. The minimum atomic E-state index is -4.68. The lowest BCUT2D eigenvalue weighted by Gasteiger charge is -2.14. The number of aromatic nitrogens is 6. The van der Waals surface area contributed by atoms with Gasteiger partial charge in [-0.05, 0) is 0 Å². The molecule has 2 saturated heterocycles. The van der Waals surface area contributed by atoms with Gasteiger partial charge < -0.3 is 46.4 Å². The first-order chi connectivity index (χ1) is 18.3. The first-order valence-electron chi connectivity index (χ1n) is 11.4. The first kappa shape index (κ1) is 28.4. The van der Waals surface area contributed by atoms with Gasteiger partial charge in [0.05, 0.1) is 31.1 Å². The molecule has 0 saturated carbocycles. The van der Waals surface area contributed by atoms with Crippen LogP contribution in [0.3, 0.4) is 0 Å². The van der Waals surface area contributed by atoms with Crippen molar-refractivity contribution in [3.05, 3.63) is 39.2 Å². The second-order valence-corrected chi connectivity index (χ2v) is 8.75. The summed E-state index contributed by atoms with van der Waals surface area (Å²) in [5, 5.41) is 37.1. The van der Waals surface area contributed by atoms with E-state index in [1.807, 2.05) is 4.98 Å². The van der Waals surface area contributed by atoms with Crippen LogP contribution >= 0.6 is 0 Å². The third kappa shape index (κ3) is 5.87. The lowest BCUT2D eigenvalue weighted by atomic mass is 10.2. The molecule has 2 aliphatic heterocycles. The van der Waals surface area contributed by atoms with Crippen molar-refractivity contribution in [3.63, 3.8) is 0 Å². The summed E-state index contributed by atoms with van der Waals surface area (Å²) in [6, 6.07) is 0. The van der Waals surface area contributed by atoms with Crippen LogP contribution in [0.4, 0.5) is 24.7 Å². The number of alkyl halides is 3. The van der Waals surface area contributed by atoms with Gasteiger partial charge >= 0.3 is 17.6 Å². The number of imidazole rings is 1. The number of nitrogens with zero attached hydrogens (tertiary/aromatic N) is 5. The van der Waals surface area contributed by atoms with Gasteiger partial charge in [-0.1, -0.05) is 0 Å². The maximum Gasteiger partial charge on any atom is 0.449 e. The van der Waals surface area contributed by atoms with Gasteiger partial charge in [0.15, 0.2) is 11.5 Å². The fraction of sp³-hybridized carbons (Fsp3) is 0.550. The maximum atomic E-state index is 12.6. The Balaban J connectivity index is 0.000000187. The Morgan fingerprint density at radius 3 is 1.92 bits per heavy atom. The van der Waals surface area contributed by atoms with Crippen LogP contribution in [0.25, 0.3) is 11.2 Å². The number of aromatic amines is 1. The van der Waals surface area contributed by atoms with E-state index in [4.69, 9.17) is 31.2 Å². The molecule has 2 fully saturated rings. The van der Waals surface area contributed by atoms with Gasteiger partial charge in [0.1, 0.15) is 30.2 Å². The molecule has 0 spiro atoms. The molecule has 39 heavy (non-hydrogen) atoms. The van der Waals surface area contributed by atoms with E-state index < -0.39 is 66.9 Å². The summed E-state index contributed by atoms with van der Waals surface area (Å²) in [5.41, 5.74) is 9.19. The summed E-state index contributed by atoms with van der Waals surface area (Å²) in [6.45, 7) is -0.755. The number of halogens is 3. The van der Waals surface area contributed by atoms with E-state index in [1.54, 1.807) is 0 Å². The van der Waals surface area contributed by atoms with E-state index in [2.05, 4.69) is 15.0 Å². The quantitative estimate of drug-likeness (QED) is 0.179. The van der Waals surface area contributed by atoms with Gasteiger partial charge in [-0.2, -0.15) is 23.1 Å². The fourth-order valence-corrected chi connectivity index (χ4v) is 4.04. The highest BCUT2D eigenvalue weighted by molar-refractivity contribution is 5.69. The minimum Gasteiger partial charge on any atom is -0.395 e. The lowest BCUT2D eigenvalue weighted by molar-refractivity contribution is -0.144. The molecule has 19 heteroatoms. The highest BCUT2D eigenvalue weighted by atomic mass is 19.4. The van der Waals surface area contributed by atoms with E-state index in [-0.39, 0.29) is 42.1 Å². The molecule has 6 unspecified atom stereocenters. The molecular formula is C20H25F3N8O8. The molecule has 3 aromatic heterocycles. The fourth-order valence-electron chi connectivity index (χ4n) is 4.04. The molecule has 9 N–H and O–H groups in total. The van der Waals surface area contributed by atoms with Gasteiger partial charge in [-0.15, -0.1) is 0 Å². The van der Waals surface area contributed by atoms with E-state index >= 15 is 0 Å². The van der Waals surface area contributed by atoms with Crippen molar-refractivity contribution in [2.75, 3.05) is 24.7 Å². The Morgan fingerprint density at radius 1 is 0.923 bits per heavy atom. The van der Waals surface area contributed by atoms with E-state index in [9.17, 15) is 33.0 Å². The molecule has 5 heterocycles. The number of rotatable bonds is 4. The van der Waals surface area contributed by atoms with Crippen molar-refractivity contribution in [2.45, 2.75) is 55.9 Å². The Morgan fingerprint density at radius 2 is 1.44 bits per heavy atom. The second-order valence-electron chi connectivity index (χ2n) is 8.75. The molecule has 3 aromatic rings. The van der Waals surface area contributed by atoms with Gasteiger partial charge in [0, 0.05) is 25.2 Å². The summed E-state index contributed by atoms with van der Waals surface area (Å²) in [7, 11) is 0. The van der Waals surface area contributed by atoms with Gasteiger partial charge in [-0.3, -0.25) is 9.13 Å². The highest BCUT2D eigenvalue weighted by Gasteiger charge is 2.37. The summed E-state index contributed by atoms with van der Waals surface area (Å²) >= 11 is 0. The number of anilines is 2. The standard InChI is InChI=1S/C11H11F3N4O4.C9H14N4O4/c12-11(13,14)9-15-4-2-18(10(21)17-8(4)16-9)7-1-5(20)6(3-19)22-7;10-4-2-13(9(16)12-8(4)11)7-1-5(15)6(3-14)17-7/h2,5-7,19-20H,1,3H2,(H,15,16,17,21);2,5-7,14-15H,1,3,10H2,(H2,11,12,16). The zero-order valence-corrected chi connectivity index (χ0v) is 19.9. The van der Waals surface area contributed by atoms with Gasteiger partial charge in [0.25, 0.3) is 0 Å². The van der Waals surface area contributed by atoms with Gasteiger partial charge in [-0.25, -0.2) is 14.6 Å². The number of ether oxygens (including phenoxy) is 2. The van der Waals surface area contributed by atoms with Crippen molar-refractivity contribution in [2.24, 2.45) is 0 Å². The smallest absolute Gasteiger partial charge is 0.395 e. The lowest BCUT2D eigenvalue weighted by Crippen LogP contribution is -2.28. The number of nitrogens with one attached hydrogen (secondary N) is 1. The molecule has 0 amide bonds. The van der Waals surface area contributed by atoms with E-state index in [1.165, 1.54) is 6.20 Å². The highest BCUT2D eigenvalue weighted by Crippen LogP contribution is 2.30. The molecule has 0 bridgehead atoms. The van der Waals surface area contributed by atoms with Crippen LogP contribution in [0.1, 0.15) is 31.1 Å². The van der Waals surface area contributed by atoms with Gasteiger partial charge in [0.2, 0.25) is 5.82 Å². The van der Waals surface area contributed by atoms with E-state index in [0.29, 0.717) is 0 Å². The zero-order chi connectivity index (χ0) is 28.6. The van der Waals surface area contributed by atoms with Crippen LogP contribution in [0.5, 0.6) is 0 Å². The number of H-pyrrole nitrogens is 1. The number of hydrogen-bond acceptors (Lipinski definition) is 13. The first-order valence-corrected chi connectivity index (χ1v) is 11.4. The summed E-state index contributed by atoms with van der Waals surface area (Å²) in [6.07, 6.45) is -7.04. The second kappa shape index (κ2) is 10.9. The predicted molar refractivity (Wildman–Crippen MR) is 124 cm³/mol. The largest absolute Gasteiger partial charge is 0.449 e. The van der Waals surface area contributed by atoms with Crippen molar-refractivity contribution in [1.82, 2.24) is 29.1 Å². The number of fused-ring (bicyclic) bond motifs is 1. The molecule has 5 rings (SSSR count). The molecule has 0 radical (unpaired) electrons. The summed E-state index contributed by atoms with van der Waals surface area (Å²) < 4.78 is 50.5. The Labute approximate surface area is 215 Å². The third-order valence-corrected chi connectivity index (χ3v) is 6.07. The average molecular weight is 562 g/mol. The average Bonchev–Trinajstić information content (AvgIpc) is 3.56. The molecule has 6 atom stereocenters. The number of nitrogen functional groups attached to an aromatic ring is 2. The molecule has 214 valence electrons. The number of nitrogens with two attached hydrogens (primary N) is 2. The Bertz CT molecular complexity index is 1440. The van der Waals surface area contributed by atoms with Crippen molar-refractivity contribution < 1.29 is 43.1 Å². The van der Waals surface area contributed by atoms with E-state index in [0.717, 1.165) is 15.3 Å². The van der Waals surface area contributed by atoms with Crippen molar-refractivity contribution in [1.29, 1.82) is 0 Å². The number of aliphatic hydroxyl groups is 4. The van der Waals surface area contributed by atoms with Crippen LogP contribution in [0, 0.1) is 0 Å². The summed E-state index contributed by atoms with van der Waals surface area (Å²) in [4.78, 5) is 35.7. The molecular weight excluding hydrogens is 537 g/mol. The van der Waals surface area contributed by atoms with Crippen LogP contribution < -0.4 is 22.8 Å². The SMILES string of the molecule is Nc1cn(C2CC(O)C(CO)O2)c(=O)nc1N.O=c1nc2nc(C(F)(F)F)[nH]c2cn1C1CC(O)C(CO)O1. The van der Waals surface area contributed by atoms with Crippen LogP contribution in [-0.2, 0) is 15.7 Å². The Hall–Kier alpha value is -3.62. The van der Waals surface area contributed by atoms with Crippen molar-refractivity contribution in [3.8, 4) is 0 Å². The van der Waals surface area contributed by atoms with Crippen LogP contribution in [0.2, 0.25) is 0 Å². The number of aliphatic hydroxyl groups excluding tert-OH is 4.